The summed E-state index contributed by atoms with van der Waals surface area (Å²) in [5.74, 6) is 1.13. The van der Waals surface area contributed by atoms with Crippen LogP contribution in [0.15, 0.2) is 36.5 Å². The fraction of sp³-hybridized carbons (Fsp3) is 0.350. The van der Waals surface area contributed by atoms with E-state index >= 15 is 0 Å². The van der Waals surface area contributed by atoms with Gasteiger partial charge in [-0.3, -0.25) is 10.2 Å². The molecule has 0 radical (unpaired) electrons. The maximum atomic E-state index is 12.5. The summed E-state index contributed by atoms with van der Waals surface area (Å²) in [6, 6.07) is 9.51. The number of nitrogens with one attached hydrogen (secondary N) is 2. The Morgan fingerprint density at radius 2 is 2.15 bits per heavy atom. The normalized spacial score (nSPS) is 11.1. The Kier molecular flexibility index (Phi) is 5.96. The summed E-state index contributed by atoms with van der Waals surface area (Å²) >= 11 is 5.90. The SMILES string of the molecule is CCCn1cccc(C(=O)NCCc2nc3cc(CCl)ccc3n2C)c1=N. The Labute approximate surface area is 163 Å². The van der Waals surface area contributed by atoms with E-state index in [2.05, 4.69) is 10.3 Å². The van der Waals surface area contributed by atoms with Crippen molar-refractivity contribution in [1.82, 2.24) is 19.4 Å². The van der Waals surface area contributed by atoms with Gasteiger partial charge in [0.05, 0.1) is 16.6 Å². The number of amides is 1. The summed E-state index contributed by atoms with van der Waals surface area (Å²) in [7, 11) is 1.97. The first-order valence-electron chi connectivity index (χ1n) is 9.07. The Morgan fingerprint density at radius 1 is 1.33 bits per heavy atom. The van der Waals surface area contributed by atoms with Crippen LogP contribution in [0.3, 0.4) is 0 Å². The van der Waals surface area contributed by atoms with Gasteiger partial charge in [-0.15, -0.1) is 11.6 Å². The second-order valence-corrected chi connectivity index (χ2v) is 6.78. The average Bonchev–Trinajstić information content (AvgIpc) is 2.98. The predicted molar refractivity (Wildman–Crippen MR) is 107 cm³/mol. The number of fused-ring (bicyclic) bond motifs is 1. The first-order chi connectivity index (χ1) is 13.0. The first kappa shape index (κ1) is 19.2. The highest BCUT2D eigenvalue weighted by atomic mass is 35.5. The molecule has 0 fully saturated rings. The minimum atomic E-state index is -0.228. The Balaban J connectivity index is 1.69. The van der Waals surface area contributed by atoms with E-state index in [9.17, 15) is 4.79 Å². The maximum absolute atomic E-state index is 12.5. The van der Waals surface area contributed by atoms with Crippen LogP contribution in [0.4, 0.5) is 0 Å². The van der Waals surface area contributed by atoms with Crippen LogP contribution in [0, 0.1) is 5.41 Å². The number of pyridine rings is 1. The molecule has 0 aliphatic heterocycles. The summed E-state index contributed by atoms with van der Waals surface area (Å²) < 4.78 is 3.82. The second kappa shape index (κ2) is 8.39. The number of halogens is 1. The number of carbonyl (C=O) groups is 1. The van der Waals surface area contributed by atoms with Gasteiger partial charge >= 0.3 is 0 Å². The maximum Gasteiger partial charge on any atom is 0.255 e. The lowest BCUT2D eigenvalue weighted by molar-refractivity contribution is 0.0951. The highest BCUT2D eigenvalue weighted by Crippen LogP contribution is 2.18. The number of benzene rings is 1. The van der Waals surface area contributed by atoms with E-state index in [1.165, 1.54) is 0 Å². The largest absolute Gasteiger partial charge is 0.351 e. The van der Waals surface area contributed by atoms with E-state index in [-0.39, 0.29) is 11.4 Å². The quantitative estimate of drug-likeness (QED) is 0.613. The van der Waals surface area contributed by atoms with Crippen molar-refractivity contribution >= 4 is 28.5 Å². The Hall–Kier alpha value is -2.60. The molecule has 2 heterocycles. The molecule has 2 aromatic heterocycles. The molecule has 1 aromatic carbocycles. The third kappa shape index (κ3) is 4.06. The minimum Gasteiger partial charge on any atom is -0.351 e. The van der Waals surface area contributed by atoms with Crippen LogP contribution in [0.2, 0.25) is 0 Å². The Bertz CT molecular complexity index is 1020. The third-order valence-electron chi connectivity index (χ3n) is 4.61. The molecule has 0 aliphatic carbocycles. The van der Waals surface area contributed by atoms with Crippen LogP contribution in [-0.4, -0.2) is 26.6 Å². The first-order valence-corrected chi connectivity index (χ1v) is 9.61. The second-order valence-electron chi connectivity index (χ2n) is 6.51. The van der Waals surface area contributed by atoms with Crippen molar-refractivity contribution in [2.24, 2.45) is 7.05 Å². The highest BCUT2D eigenvalue weighted by Gasteiger charge is 2.11. The molecule has 0 saturated carbocycles. The zero-order valence-electron chi connectivity index (χ0n) is 15.6. The predicted octanol–water partition coefficient (Wildman–Crippen LogP) is 2.98. The van der Waals surface area contributed by atoms with Crippen molar-refractivity contribution in [3.8, 4) is 0 Å². The molecule has 2 N–H and O–H groups in total. The van der Waals surface area contributed by atoms with Gasteiger partial charge in [-0.1, -0.05) is 13.0 Å². The number of carbonyl (C=O) groups excluding carboxylic acids is 1. The monoisotopic (exact) mass is 385 g/mol. The van der Waals surface area contributed by atoms with Crippen LogP contribution >= 0.6 is 11.6 Å². The van der Waals surface area contributed by atoms with Crippen LogP contribution in [0.25, 0.3) is 11.0 Å². The average molecular weight is 386 g/mol. The lowest BCUT2D eigenvalue weighted by Gasteiger charge is -2.09. The molecule has 142 valence electrons. The number of alkyl halides is 1. The molecule has 0 spiro atoms. The summed E-state index contributed by atoms with van der Waals surface area (Å²) in [5.41, 5.74) is 3.63. The topological polar surface area (TPSA) is 75.7 Å². The van der Waals surface area contributed by atoms with Crippen molar-refractivity contribution < 1.29 is 4.79 Å². The molecule has 27 heavy (non-hydrogen) atoms. The van der Waals surface area contributed by atoms with Crippen LogP contribution in [-0.2, 0) is 25.9 Å². The molecule has 1 amide bonds. The van der Waals surface area contributed by atoms with Gasteiger partial charge in [-0.05, 0) is 36.2 Å². The smallest absolute Gasteiger partial charge is 0.255 e. The molecule has 6 nitrogen and oxygen atoms in total. The zero-order chi connectivity index (χ0) is 19.4. The summed E-state index contributed by atoms with van der Waals surface area (Å²) in [5, 5.41) is 11.1. The summed E-state index contributed by atoms with van der Waals surface area (Å²) in [4.78, 5) is 17.1. The standard InChI is InChI=1S/C20H24ClN5O/c1-3-10-26-11-4-5-15(19(26)22)20(27)23-9-8-18-24-16-12-14(13-21)6-7-17(16)25(18)2/h4-7,11-12,22H,3,8-10,13H2,1-2H3,(H,23,27). The van der Waals surface area contributed by atoms with E-state index in [1.54, 1.807) is 10.6 Å². The van der Waals surface area contributed by atoms with Gasteiger partial charge in [0.15, 0.2) is 0 Å². The molecular formula is C20H24ClN5O. The van der Waals surface area contributed by atoms with Crippen molar-refractivity contribution in [1.29, 1.82) is 5.41 Å². The van der Waals surface area contributed by atoms with Gasteiger partial charge in [-0.25, -0.2) is 4.98 Å². The van der Waals surface area contributed by atoms with E-state index in [1.807, 2.05) is 49.0 Å². The van der Waals surface area contributed by atoms with Crippen molar-refractivity contribution in [2.75, 3.05) is 6.54 Å². The van der Waals surface area contributed by atoms with Crippen molar-refractivity contribution in [3.05, 3.63) is 59.0 Å². The van der Waals surface area contributed by atoms with Crippen LogP contribution < -0.4 is 10.8 Å². The summed E-state index contributed by atoms with van der Waals surface area (Å²) in [6.07, 6.45) is 3.36. The van der Waals surface area contributed by atoms with Gasteiger partial charge < -0.3 is 14.5 Å². The van der Waals surface area contributed by atoms with Gasteiger partial charge in [0.2, 0.25) is 0 Å². The number of hydrogen-bond acceptors (Lipinski definition) is 3. The number of rotatable bonds is 7. The van der Waals surface area contributed by atoms with E-state index in [4.69, 9.17) is 17.0 Å². The van der Waals surface area contributed by atoms with Gasteiger partial charge in [0.1, 0.15) is 11.3 Å². The molecule has 3 aromatic rings. The van der Waals surface area contributed by atoms with Gasteiger partial charge in [-0.2, -0.15) is 0 Å². The molecule has 0 saturated heterocycles. The molecular weight excluding hydrogens is 362 g/mol. The zero-order valence-corrected chi connectivity index (χ0v) is 16.4. The third-order valence-corrected chi connectivity index (χ3v) is 4.92. The van der Waals surface area contributed by atoms with Crippen LogP contribution in [0.1, 0.15) is 35.1 Å². The fourth-order valence-electron chi connectivity index (χ4n) is 3.15. The minimum absolute atomic E-state index is 0.228. The number of aromatic nitrogens is 3. The molecule has 3 rings (SSSR count). The molecule has 0 atom stereocenters. The molecule has 7 heteroatoms. The lowest BCUT2D eigenvalue weighted by atomic mass is 10.2. The number of hydrogen-bond donors (Lipinski definition) is 2. The van der Waals surface area contributed by atoms with E-state index < -0.39 is 0 Å². The van der Waals surface area contributed by atoms with Gasteiger partial charge in [0.25, 0.3) is 5.91 Å². The van der Waals surface area contributed by atoms with E-state index in [0.717, 1.165) is 35.4 Å². The van der Waals surface area contributed by atoms with E-state index in [0.29, 0.717) is 24.4 Å². The molecule has 0 bridgehead atoms. The number of aryl methyl sites for hydroxylation is 2. The van der Waals surface area contributed by atoms with Gasteiger partial charge in [0, 0.05) is 38.6 Å². The molecule has 0 unspecified atom stereocenters. The fourth-order valence-corrected chi connectivity index (χ4v) is 3.31. The highest BCUT2D eigenvalue weighted by molar-refractivity contribution is 6.17. The van der Waals surface area contributed by atoms with Crippen molar-refractivity contribution in [3.63, 3.8) is 0 Å². The van der Waals surface area contributed by atoms with Crippen molar-refractivity contribution in [2.45, 2.75) is 32.2 Å². The lowest BCUT2D eigenvalue weighted by Crippen LogP contribution is -2.34. The number of imidazole rings is 1. The molecule has 0 aliphatic rings. The van der Waals surface area contributed by atoms with Crippen LogP contribution in [0.5, 0.6) is 0 Å². The number of nitrogens with zero attached hydrogens (tertiary/aromatic N) is 3. The Morgan fingerprint density at radius 3 is 2.89 bits per heavy atom. The summed E-state index contributed by atoms with van der Waals surface area (Å²) in [6.45, 7) is 3.23.